The van der Waals surface area contributed by atoms with Gasteiger partial charge in [-0.05, 0) is 32.0 Å². The van der Waals surface area contributed by atoms with Crippen molar-refractivity contribution in [2.75, 3.05) is 20.3 Å². The van der Waals surface area contributed by atoms with Gasteiger partial charge >= 0.3 is 0 Å². The molecule has 0 fully saturated rings. The summed E-state index contributed by atoms with van der Waals surface area (Å²) in [5.41, 5.74) is 3.37. The molecule has 0 aliphatic heterocycles. The molecule has 84 valence electrons. The van der Waals surface area contributed by atoms with Gasteiger partial charge in [0.25, 0.3) is 0 Å². The molecule has 1 rings (SSSR count). The average molecular weight is 208 g/mol. The molecule has 3 heteroatoms. The summed E-state index contributed by atoms with van der Waals surface area (Å²) in [6.07, 6.45) is 0. The molecule has 0 saturated heterocycles. The molecule has 0 saturated carbocycles. The molecule has 0 radical (unpaired) electrons. The van der Waals surface area contributed by atoms with Gasteiger partial charge in [-0.2, -0.15) is 0 Å². The number of nitrogens with one attached hydrogen (secondary N) is 1. The lowest BCUT2D eigenvalue weighted by Crippen LogP contribution is -2.25. The first-order chi connectivity index (χ1) is 7.19. The van der Waals surface area contributed by atoms with E-state index >= 15 is 0 Å². The number of hydrogen-bond donors (Lipinski definition) is 1. The summed E-state index contributed by atoms with van der Waals surface area (Å²) in [5, 5.41) is 3.40. The summed E-state index contributed by atoms with van der Waals surface area (Å²) in [6.45, 7) is 7.76. The fourth-order valence-corrected chi connectivity index (χ4v) is 1.74. The van der Waals surface area contributed by atoms with E-state index in [2.05, 4.69) is 23.3 Å². The highest BCUT2D eigenvalue weighted by molar-refractivity contribution is 5.25. The van der Waals surface area contributed by atoms with Gasteiger partial charge in [0.05, 0.1) is 12.6 Å². The zero-order valence-corrected chi connectivity index (χ0v) is 10.0. The maximum Gasteiger partial charge on any atom is 0.0658 e. The van der Waals surface area contributed by atoms with Gasteiger partial charge in [0.2, 0.25) is 0 Å². The SMILES string of the molecule is CCNC(COC)c1ccc(C)nc1C. The Balaban J connectivity index is 2.89. The Hall–Kier alpha value is -0.930. The average Bonchev–Trinajstić information content (AvgIpc) is 2.17. The van der Waals surface area contributed by atoms with Crippen molar-refractivity contribution in [3.63, 3.8) is 0 Å². The number of ether oxygens (including phenoxy) is 1. The Morgan fingerprint density at radius 1 is 1.40 bits per heavy atom. The summed E-state index contributed by atoms with van der Waals surface area (Å²) in [4.78, 5) is 4.46. The minimum atomic E-state index is 0.244. The predicted molar refractivity (Wildman–Crippen MR) is 62.0 cm³/mol. The van der Waals surface area contributed by atoms with Crippen LogP contribution in [0.5, 0.6) is 0 Å². The fraction of sp³-hybridized carbons (Fsp3) is 0.583. The topological polar surface area (TPSA) is 34.1 Å². The molecule has 1 unspecified atom stereocenters. The first-order valence-corrected chi connectivity index (χ1v) is 5.35. The highest BCUT2D eigenvalue weighted by atomic mass is 16.5. The summed E-state index contributed by atoms with van der Waals surface area (Å²) in [5.74, 6) is 0. The van der Waals surface area contributed by atoms with E-state index < -0.39 is 0 Å². The van der Waals surface area contributed by atoms with Crippen LogP contribution in [0.3, 0.4) is 0 Å². The Bertz CT molecular complexity index is 306. The lowest BCUT2D eigenvalue weighted by atomic mass is 10.1. The van der Waals surface area contributed by atoms with Crippen molar-refractivity contribution in [3.05, 3.63) is 29.1 Å². The number of nitrogens with zero attached hydrogens (tertiary/aromatic N) is 1. The Morgan fingerprint density at radius 2 is 2.13 bits per heavy atom. The second-order valence-corrected chi connectivity index (χ2v) is 3.69. The highest BCUT2D eigenvalue weighted by Crippen LogP contribution is 2.16. The quantitative estimate of drug-likeness (QED) is 0.803. The van der Waals surface area contributed by atoms with Crippen LogP contribution in [0.15, 0.2) is 12.1 Å². The molecular weight excluding hydrogens is 188 g/mol. The third-order valence-electron chi connectivity index (χ3n) is 2.43. The third-order valence-corrected chi connectivity index (χ3v) is 2.43. The van der Waals surface area contributed by atoms with Crippen LogP contribution in [0.25, 0.3) is 0 Å². The van der Waals surface area contributed by atoms with E-state index in [-0.39, 0.29) is 6.04 Å². The molecule has 1 aromatic rings. The van der Waals surface area contributed by atoms with E-state index in [0.717, 1.165) is 17.9 Å². The second-order valence-electron chi connectivity index (χ2n) is 3.69. The smallest absolute Gasteiger partial charge is 0.0658 e. The second kappa shape index (κ2) is 5.83. The summed E-state index contributed by atoms with van der Waals surface area (Å²) in [6, 6.07) is 4.42. The summed E-state index contributed by atoms with van der Waals surface area (Å²) < 4.78 is 5.21. The molecule has 0 amide bonds. The van der Waals surface area contributed by atoms with Crippen LogP contribution >= 0.6 is 0 Å². The van der Waals surface area contributed by atoms with Crippen molar-refractivity contribution >= 4 is 0 Å². The van der Waals surface area contributed by atoms with Crippen molar-refractivity contribution in [2.45, 2.75) is 26.8 Å². The maximum absolute atomic E-state index is 5.21. The van der Waals surface area contributed by atoms with Crippen molar-refractivity contribution in [3.8, 4) is 0 Å². The zero-order valence-electron chi connectivity index (χ0n) is 10.0. The van der Waals surface area contributed by atoms with Crippen LogP contribution in [-0.2, 0) is 4.74 Å². The van der Waals surface area contributed by atoms with Crippen molar-refractivity contribution < 1.29 is 4.74 Å². The van der Waals surface area contributed by atoms with E-state index in [9.17, 15) is 0 Å². The number of rotatable bonds is 5. The standard InChI is InChI=1S/C12H20N2O/c1-5-13-12(8-15-4)11-7-6-9(2)14-10(11)3/h6-7,12-13H,5,8H2,1-4H3. The number of pyridine rings is 1. The maximum atomic E-state index is 5.21. The molecule has 0 aliphatic rings. The molecule has 0 bridgehead atoms. The molecule has 0 aromatic carbocycles. The largest absolute Gasteiger partial charge is 0.383 e. The fourth-order valence-electron chi connectivity index (χ4n) is 1.74. The van der Waals surface area contributed by atoms with Crippen LogP contribution in [-0.4, -0.2) is 25.2 Å². The summed E-state index contributed by atoms with van der Waals surface area (Å²) in [7, 11) is 1.72. The number of aromatic nitrogens is 1. The molecule has 0 aliphatic carbocycles. The van der Waals surface area contributed by atoms with E-state index in [0.29, 0.717) is 6.61 Å². The van der Waals surface area contributed by atoms with Gasteiger partial charge in [-0.15, -0.1) is 0 Å². The van der Waals surface area contributed by atoms with Crippen LogP contribution in [0.4, 0.5) is 0 Å². The first-order valence-electron chi connectivity index (χ1n) is 5.35. The molecule has 1 aromatic heterocycles. The lowest BCUT2D eigenvalue weighted by molar-refractivity contribution is 0.167. The van der Waals surface area contributed by atoms with E-state index in [4.69, 9.17) is 4.74 Å². The van der Waals surface area contributed by atoms with Gasteiger partial charge in [-0.3, -0.25) is 4.98 Å². The highest BCUT2D eigenvalue weighted by Gasteiger charge is 2.12. The van der Waals surface area contributed by atoms with Gasteiger partial charge < -0.3 is 10.1 Å². The summed E-state index contributed by atoms with van der Waals surface area (Å²) >= 11 is 0. The normalized spacial score (nSPS) is 12.8. The molecular formula is C12H20N2O. The monoisotopic (exact) mass is 208 g/mol. The van der Waals surface area contributed by atoms with Gasteiger partial charge in [0.1, 0.15) is 0 Å². The van der Waals surface area contributed by atoms with E-state index in [1.54, 1.807) is 7.11 Å². The molecule has 0 spiro atoms. The van der Waals surface area contributed by atoms with Gasteiger partial charge in [0, 0.05) is 18.5 Å². The molecule has 3 nitrogen and oxygen atoms in total. The minimum Gasteiger partial charge on any atom is -0.383 e. The van der Waals surface area contributed by atoms with E-state index in [1.807, 2.05) is 19.9 Å². The van der Waals surface area contributed by atoms with Crippen LogP contribution < -0.4 is 5.32 Å². The number of aryl methyl sites for hydroxylation is 2. The Morgan fingerprint density at radius 3 is 2.67 bits per heavy atom. The Labute approximate surface area is 91.9 Å². The number of methoxy groups -OCH3 is 1. The third kappa shape index (κ3) is 3.29. The Kier molecular flexibility index (Phi) is 4.72. The van der Waals surface area contributed by atoms with Gasteiger partial charge in [-0.1, -0.05) is 13.0 Å². The van der Waals surface area contributed by atoms with Crippen LogP contribution in [0, 0.1) is 13.8 Å². The number of likely N-dealkylation sites (N-methyl/N-ethyl adjacent to an activating group) is 1. The van der Waals surface area contributed by atoms with Crippen molar-refractivity contribution in [2.24, 2.45) is 0 Å². The van der Waals surface area contributed by atoms with Crippen LogP contribution in [0.1, 0.15) is 29.9 Å². The van der Waals surface area contributed by atoms with Crippen LogP contribution in [0.2, 0.25) is 0 Å². The predicted octanol–water partition coefficient (Wildman–Crippen LogP) is 2.00. The molecule has 1 atom stereocenters. The van der Waals surface area contributed by atoms with Gasteiger partial charge in [0.15, 0.2) is 0 Å². The van der Waals surface area contributed by atoms with Gasteiger partial charge in [-0.25, -0.2) is 0 Å². The molecule has 15 heavy (non-hydrogen) atoms. The number of hydrogen-bond acceptors (Lipinski definition) is 3. The molecule has 1 N–H and O–H groups in total. The van der Waals surface area contributed by atoms with E-state index in [1.165, 1.54) is 5.56 Å². The van der Waals surface area contributed by atoms with Crippen molar-refractivity contribution in [1.82, 2.24) is 10.3 Å². The lowest BCUT2D eigenvalue weighted by Gasteiger charge is -2.19. The first kappa shape index (κ1) is 12.1. The zero-order chi connectivity index (χ0) is 11.3. The minimum absolute atomic E-state index is 0.244. The van der Waals surface area contributed by atoms with Crippen molar-refractivity contribution in [1.29, 1.82) is 0 Å². The molecule has 1 heterocycles.